The van der Waals surface area contributed by atoms with Gasteiger partial charge in [0.15, 0.2) is 0 Å². The second-order valence-electron chi connectivity index (χ2n) is 4.39. The number of hydrogen-bond acceptors (Lipinski definition) is 3. The number of carbonyl (C=O) groups is 1. The fraction of sp³-hybridized carbons (Fsp3) is 0.500. The van der Waals surface area contributed by atoms with Gasteiger partial charge in [-0.25, -0.2) is 0 Å². The minimum absolute atomic E-state index is 0.0988. The number of hydrogen-bond donors (Lipinski definition) is 2. The van der Waals surface area contributed by atoms with Crippen molar-refractivity contribution in [3.63, 3.8) is 0 Å². The molecule has 1 aromatic rings. The first-order valence-electron chi connectivity index (χ1n) is 5.84. The monoisotopic (exact) mass is 292 g/mol. The third-order valence-corrected chi connectivity index (χ3v) is 2.31. The van der Waals surface area contributed by atoms with Crippen LogP contribution < -0.4 is 10.9 Å². The maximum atomic E-state index is 11.9. The number of aromatic nitrogens is 1. The summed E-state index contributed by atoms with van der Waals surface area (Å²) < 4.78 is 40.0. The third kappa shape index (κ3) is 5.43. The smallest absolute Gasteiger partial charge is 0.370 e. The Balaban J connectivity index is 2.51. The van der Waals surface area contributed by atoms with Crippen molar-refractivity contribution >= 4 is 5.91 Å². The second kappa shape index (κ2) is 6.56. The molecule has 0 aliphatic rings. The van der Waals surface area contributed by atoms with Gasteiger partial charge in [-0.1, -0.05) is 0 Å². The molecule has 0 saturated heterocycles. The lowest BCUT2D eigenvalue weighted by molar-refractivity contribution is -0.174. The van der Waals surface area contributed by atoms with Gasteiger partial charge in [0.25, 0.3) is 11.5 Å². The van der Waals surface area contributed by atoms with Crippen molar-refractivity contribution < 1.29 is 22.7 Å². The summed E-state index contributed by atoms with van der Waals surface area (Å²) in [6.07, 6.45) is -4.40. The molecule has 0 aliphatic heterocycles. The van der Waals surface area contributed by atoms with Crippen LogP contribution in [0.2, 0.25) is 0 Å². The van der Waals surface area contributed by atoms with Crippen LogP contribution in [0.25, 0.3) is 0 Å². The minimum Gasteiger partial charge on any atom is -0.370 e. The predicted molar refractivity (Wildman–Crippen MR) is 65.6 cm³/mol. The summed E-state index contributed by atoms with van der Waals surface area (Å²) >= 11 is 0. The summed E-state index contributed by atoms with van der Waals surface area (Å²) in [6.45, 7) is 1.47. The van der Waals surface area contributed by atoms with E-state index in [2.05, 4.69) is 15.0 Å². The van der Waals surface area contributed by atoms with Gasteiger partial charge in [-0.3, -0.25) is 9.59 Å². The summed E-state index contributed by atoms with van der Waals surface area (Å²) in [4.78, 5) is 25.7. The van der Waals surface area contributed by atoms with Crippen LogP contribution in [0.4, 0.5) is 13.2 Å². The molecule has 1 rings (SSSR count). The molecule has 1 atom stereocenters. The van der Waals surface area contributed by atoms with E-state index in [0.717, 1.165) is 0 Å². The van der Waals surface area contributed by atoms with Gasteiger partial charge in [0, 0.05) is 11.7 Å². The Morgan fingerprint density at radius 3 is 2.65 bits per heavy atom. The molecule has 0 aromatic carbocycles. The lowest BCUT2D eigenvalue weighted by Gasteiger charge is -2.15. The number of pyridine rings is 1. The van der Waals surface area contributed by atoms with Gasteiger partial charge in [0.2, 0.25) is 0 Å². The number of alkyl halides is 3. The molecule has 0 saturated carbocycles. The topological polar surface area (TPSA) is 71.2 Å². The van der Waals surface area contributed by atoms with Gasteiger partial charge in [0.1, 0.15) is 12.2 Å². The zero-order valence-corrected chi connectivity index (χ0v) is 11.0. The number of halogens is 3. The van der Waals surface area contributed by atoms with Crippen molar-refractivity contribution in [3.8, 4) is 0 Å². The van der Waals surface area contributed by atoms with Crippen LogP contribution in [-0.4, -0.2) is 36.3 Å². The summed E-state index contributed by atoms with van der Waals surface area (Å²) in [5, 5.41) is 2.39. The molecule has 1 heterocycles. The van der Waals surface area contributed by atoms with Crippen LogP contribution in [0.1, 0.15) is 23.0 Å². The minimum atomic E-state index is -4.40. The summed E-state index contributed by atoms with van der Waals surface area (Å²) in [7, 11) is 0. The Morgan fingerprint density at radius 1 is 1.45 bits per heavy atom. The number of ether oxygens (including phenoxy) is 1. The molecule has 8 heteroatoms. The molecule has 0 spiro atoms. The lowest BCUT2D eigenvalue weighted by Crippen LogP contribution is -2.39. The lowest BCUT2D eigenvalue weighted by atomic mass is 10.2. The zero-order valence-electron chi connectivity index (χ0n) is 11.0. The summed E-state index contributed by atoms with van der Waals surface area (Å²) in [5.41, 5.74) is -0.0442. The molecule has 1 aromatic heterocycles. The fourth-order valence-corrected chi connectivity index (χ4v) is 1.45. The van der Waals surface area contributed by atoms with Gasteiger partial charge in [-0.15, -0.1) is 0 Å². The molecule has 0 fully saturated rings. The second-order valence-corrected chi connectivity index (χ2v) is 4.39. The number of amides is 1. The highest BCUT2D eigenvalue weighted by Gasteiger charge is 2.27. The maximum absolute atomic E-state index is 11.9. The van der Waals surface area contributed by atoms with Gasteiger partial charge in [-0.2, -0.15) is 13.2 Å². The van der Waals surface area contributed by atoms with E-state index in [-0.39, 0.29) is 12.2 Å². The van der Waals surface area contributed by atoms with E-state index >= 15 is 0 Å². The first kappa shape index (κ1) is 16.2. The number of aromatic amines is 1. The molecule has 0 radical (unpaired) electrons. The Morgan fingerprint density at radius 2 is 2.10 bits per heavy atom. The Bertz CT molecular complexity index is 525. The van der Waals surface area contributed by atoms with E-state index in [1.807, 2.05) is 0 Å². The Hall–Kier alpha value is -1.83. The molecule has 20 heavy (non-hydrogen) atoms. The van der Waals surface area contributed by atoms with E-state index in [9.17, 15) is 22.8 Å². The van der Waals surface area contributed by atoms with Crippen LogP contribution in [0.5, 0.6) is 0 Å². The highest BCUT2D eigenvalue weighted by atomic mass is 19.4. The number of carbonyl (C=O) groups excluding carboxylic acids is 1. The Kier molecular flexibility index (Phi) is 5.32. The van der Waals surface area contributed by atoms with Crippen molar-refractivity contribution in [1.82, 2.24) is 10.3 Å². The summed E-state index contributed by atoms with van der Waals surface area (Å²) in [6, 6.07) is 2.26. The largest absolute Gasteiger partial charge is 0.411 e. The van der Waals surface area contributed by atoms with Gasteiger partial charge < -0.3 is 15.0 Å². The number of rotatable bonds is 5. The molecule has 2 N–H and O–H groups in total. The third-order valence-electron chi connectivity index (χ3n) is 2.31. The molecule has 1 amide bonds. The van der Waals surface area contributed by atoms with E-state index in [4.69, 9.17) is 0 Å². The molecule has 112 valence electrons. The highest BCUT2D eigenvalue weighted by Crippen LogP contribution is 2.14. The van der Waals surface area contributed by atoms with Crippen LogP contribution in [0.15, 0.2) is 16.9 Å². The van der Waals surface area contributed by atoms with E-state index in [1.165, 1.54) is 13.0 Å². The van der Waals surface area contributed by atoms with Crippen LogP contribution in [-0.2, 0) is 4.74 Å². The van der Waals surface area contributed by atoms with E-state index < -0.39 is 30.3 Å². The van der Waals surface area contributed by atoms with Crippen molar-refractivity contribution in [3.05, 3.63) is 33.7 Å². The maximum Gasteiger partial charge on any atom is 0.411 e. The molecule has 0 bridgehead atoms. The Labute approximate surface area is 113 Å². The fourth-order valence-electron chi connectivity index (χ4n) is 1.45. The van der Waals surface area contributed by atoms with Crippen LogP contribution >= 0.6 is 0 Å². The van der Waals surface area contributed by atoms with Crippen LogP contribution in [0, 0.1) is 6.92 Å². The van der Waals surface area contributed by atoms with E-state index in [0.29, 0.717) is 5.69 Å². The van der Waals surface area contributed by atoms with Crippen molar-refractivity contribution in [2.45, 2.75) is 26.1 Å². The number of H-pyrrole nitrogens is 1. The van der Waals surface area contributed by atoms with Crippen molar-refractivity contribution in [2.75, 3.05) is 13.2 Å². The predicted octanol–water partition coefficient (Wildman–Crippen LogP) is 1.38. The first-order chi connectivity index (χ1) is 9.19. The molecule has 0 aliphatic carbocycles. The SMILES string of the molecule is Cc1ccc(C(=O)NC(C)COCC(F)(F)F)c(=O)[nH]1. The van der Waals surface area contributed by atoms with Gasteiger partial charge in [-0.05, 0) is 26.0 Å². The quantitative estimate of drug-likeness (QED) is 0.861. The number of nitrogens with one attached hydrogen (secondary N) is 2. The molecular weight excluding hydrogens is 277 g/mol. The standard InChI is InChI=1S/C12H15F3N2O3/c1-7-3-4-9(10(18)16-7)11(19)17-8(2)5-20-6-12(13,14)15/h3-4,8H,5-6H2,1-2H3,(H,16,18)(H,17,19). The number of aryl methyl sites for hydroxylation is 1. The molecular formula is C12H15F3N2O3. The zero-order chi connectivity index (χ0) is 15.3. The summed E-state index contributed by atoms with van der Waals surface area (Å²) in [5.74, 6) is -0.658. The molecule has 1 unspecified atom stereocenters. The first-order valence-corrected chi connectivity index (χ1v) is 5.84. The van der Waals surface area contributed by atoms with Crippen molar-refractivity contribution in [1.29, 1.82) is 0 Å². The van der Waals surface area contributed by atoms with Crippen LogP contribution in [0.3, 0.4) is 0 Å². The average molecular weight is 292 g/mol. The normalized spacial score (nSPS) is 13.1. The van der Waals surface area contributed by atoms with Gasteiger partial charge >= 0.3 is 6.18 Å². The van der Waals surface area contributed by atoms with E-state index in [1.54, 1.807) is 13.0 Å². The average Bonchev–Trinajstić information content (AvgIpc) is 2.26. The van der Waals surface area contributed by atoms with Gasteiger partial charge in [0.05, 0.1) is 6.61 Å². The van der Waals surface area contributed by atoms with Crippen molar-refractivity contribution in [2.24, 2.45) is 0 Å². The molecule has 5 nitrogen and oxygen atoms in total. The highest BCUT2D eigenvalue weighted by molar-refractivity contribution is 5.93.